The van der Waals surface area contributed by atoms with Crippen LogP contribution in [0.2, 0.25) is 0 Å². The van der Waals surface area contributed by atoms with Crippen molar-refractivity contribution in [1.29, 1.82) is 0 Å². The third-order valence-electron chi connectivity index (χ3n) is 7.59. The van der Waals surface area contributed by atoms with Crippen LogP contribution in [-0.2, 0) is 6.54 Å². The number of furan rings is 1. The summed E-state index contributed by atoms with van der Waals surface area (Å²) in [5.74, 6) is 2.19. The highest BCUT2D eigenvalue weighted by atomic mass is 16.5. The molecule has 1 aliphatic heterocycles. The standard InChI is InChI=1S/C29H31N7O3/c1-19-15-21-17-25(29(37)30-26(21)16-20(19)2)27(28-31-32-33-36(28)18-24-5-4-14-39-24)35-12-10-34(11-13-35)22-6-8-23(38-3)9-7-22/h4-9,14-17,27H,10-13,18H2,1-3H3,(H,30,37)/t27-/m0/s1. The third-order valence-corrected chi connectivity index (χ3v) is 7.59. The number of hydrogen-bond acceptors (Lipinski definition) is 8. The molecule has 1 aliphatic rings. The molecule has 3 aromatic heterocycles. The maximum atomic E-state index is 13.6. The van der Waals surface area contributed by atoms with Gasteiger partial charge in [0.15, 0.2) is 5.82 Å². The van der Waals surface area contributed by atoms with E-state index in [1.54, 1.807) is 18.1 Å². The van der Waals surface area contributed by atoms with E-state index in [2.05, 4.69) is 62.4 Å². The minimum Gasteiger partial charge on any atom is -0.497 e. The van der Waals surface area contributed by atoms with E-state index in [0.717, 1.165) is 59.8 Å². The average molecular weight is 526 g/mol. The van der Waals surface area contributed by atoms with Gasteiger partial charge in [-0.1, -0.05) is 0 Å². The number of tetrazole rings is 1. The van der Waals surface area contributed by atoms with Gasteiger partial charge in [-0.15, -0.1) is 5.10 Å². The van der Waals surface area contributed by atoms with Gasteiger partial charge >= 0.3 is 0 Å². The molecule has 200 valence electrons. The summed E-state index contributed by atoms with van der Waals surface area (Å²) in [6.45, 7) is 7.57. The Bertz CT molecular complexity index is 1630. The third kappa shape index (κ3) is 4.90. The summed E-state index contributed by atoms with van der Waals surface area (Å²) in [6, 6.07) is 17.6. The molecule has 10 nitrogen and oxygen atoms in total. The fraction of sp³-hybridized carbons (Fsp3) is 0.310. The maximum absolute atomic E-state index is 13.6. The Kier molecular flexibility index (Phi) is 6.62. The van der Waals surface area contributed by atoms with Gasteiger partial charge in [0.25, 0.3) is 5.56 Å². The molecule has 4 heterocycles. The Morgan fingerprint density at radius 1 is 1.03 bits per heavy atom. The van der Waals surface area contributed by atoms with Crippen molar-refractivity contribution in [2.75, 3.05) is 38.2 Å². The molecule has 0 unspecified atom stereocenters. The first kappa shape index (κ1) is 24.9. The molecule has 0 radical (unpaired) electrons. The van der Waals surface area contributed by atoms with Gasteiger partial charge in [0.1, 0.15) is 24.1 Å². The molecule has 6 rings (SSSR count). The fourth-order valence-electron chi connectivity index (χ4n) is 5.30. The van der Waals surface area contributed by atoms with Gasteiger partial charge < -0.3 is 19.0 Å². The lowest BCUT2D eigenvalue weighted by Gasteiger charge is -2.39. The van der Waals surface area contributed by atoms with Crippen LogP contribution in [0.3, 0.4) is 0 Å². The number of H-pyrrole nitrogens is 1. The molecule has 1 atom stereocenters. The number of anilines is 1. The minimum atomic E-state index is -0.428. The summed E-state index contributed by atoms with van der Waals surface area (Å²) in [6.07, 6.45) is 1.63. The lowest BCUT2D eigenvalue weighted by Crippen LogP contribution is -2.49. The van der Waals surface area contributed by atoms with Crippen molar-refractivity contribution in [2.24, 2.45) is 0 Å². The summed E-state index contributed by atoms with van der Waals surface area (Å²) >= 11 is 0. The van der Waals surface area contributed by atoms with Crippen molar-refractivity contribution >= 4 is 16.6 Å². The summed E-state index contributed by atoms with van der Waals surface area (Å²) in [5.41, 5.74) is 4.77. The molecule has 0 spiro atoms. The molecule has 2 aromatic carbocycles. The number of nitrogens with one attached hydrogen (secondary N) is 1. The summed E-state index contributed by atoms with van der Waals surface area (Å²) < 4.78 is 12.6. The Morgan fingerprint density at radius 3 is 2.51 bits per heavy atom. The molecular weight excluding hydrogens is 494 g/mol. The minimum absolute atomic E-state index is 0.138. The van der Waals surface area contributed by atoms with E-state index < -0.39 is 6.04 Å². The van der Waals surface area contributed by atoms with Gasteiger partial charge in [0.05, 0.1) is 13.4 Å². The number of piperazine rings is 1. The molecule has 10 heteroatoms. The number of nitrogens with zero attached hydrogens (tertiary/aromatic N) is 6. The van der Waals surface area contributed by atoms with Crippen molar-refractivity contribution in [3.8, 4) is 5.75 Å². The monoisotopic (exact) mass is 525 g/mol. The smallest absolute Gasteiger partial charge is 0.253 e. The summed E-state index contributed by atoms with van der Waals surface area (Å²) in [7, 11) is 1.67. The maximum Gasteiger partial charge on any atom is 0.253 e. The number of ether oxygens (including phenoxy) is 1. The normalized spacial score (nSPS) is 15.1. The summed E-state index contributed by atoms with van der Waals surface area (Å²) in [4.78, 5) is 21.3. The molecule has 1 N–H and O–H groups in total. The highest BCUT2D eigenvalue weighted by molar-refractivity contribution is 5.81. The van der Waals surface area contributed by atoms with E-state index in [-0.39, 0.29) is 5.56 Å². The van der Waals surface area contributed by atoms with Crippen molar-refractivity contribution < 1.29 is 9.15 Å². The Hall–Kier alpha value is -4.44. The van der Waals surface area contributed by atoms with Crippen molar-refractivity contribution in [2.45, 2.75) is 26.4 Å². The number of hydrogen-bond donors (Lipinski definition) is 1. The second-order valence-electron chi connectivity index (χ2n) is 9.98. The van der Waals surface area contributed by atoms with Crippen LogP contribution in [0.5, 0.6) is 5.75 Å². The van der Waals surface area contributed by atoms with E-state index in [9.17, 15) is 4.79 Å². The molecule has 0 saturated carbocycles. The molecule has 0 aliphatic carbocycles. The van der Waals surface area contributed by atoms with Crippen LogP contribution in [0.25, 0.3) is 10.9 Å². The second kappa shape index (κ2) is 10.4. The average Bonchev–Trinajstić information content (AvgIpc) is 3.64. The van der Waals surface area contributed by atoms with Crippen LogP contribution in [0.1, 0.15) is 34.3 Å². The number of benzene rings is 2. The van der Waals surface area contributed by atoms with Gasteiger partial charge in [0, 0.05) is 42.9 Å². The van der Waals surface area contributed by atoms with Crippen LogP contribution >= 0.6 is 0 Å². The quantitative estimate of drug-likeness (QED) is 0.343. The predicted molar refractivity (Wildman–Crippen MR) is 148 cm³/mol. The van der Waals surface area contributed by atoms with Gasteiger partial charge in [-0.25, -0.2) is 4.68 Å². The SMILES string of the molecule is COc1ccc(N2CCN([C@@H](c3cc4cc(C)c(C)cc4[nH]c3=O)c3nnnn3Cc3ccco3)CC2)cc1. The molecular formula is C29H31N7O3. The largest absolute Gasteiger partial charge is 0.497 e. The number of methoxy groups -OCH3 is 1. The molecule has 1 saturated heterocycles. The van der Waals surface area contributed by atoms with E-state index in [0.29, 0.717) is 17.9 Å². The van der Waals surface area contributed by atoms with Crippen LogP contribution in [0, 0.1) is 13.8 Å². The first-order chi connectivity index (χ1) is 19.0. The molecule has 39 heavy (non-hydrogen) atoms. The fourth-order valence-corrected chi connectivity index (χ4v) is 5.30. The van der Waals surface area contributed by atoms with Crippen LogP contribution in [0.4, 0.5) is 5.69 Å². The van der Waals surface area contributed by atoms with E-state index in [1.165, 1.54) is 5.56 Å². The highest BCUT2D eigenvalue weighted by Gasteiger charge is 2.33. The predicted octanol–water partition coefficient (Wildman–Crippen LogP) is 3.69. The first-order valence-electron chi connectivity index (χ1n) is 13.1. The van der Waals surface area contributed by atoms with Gasteiger partial charge in [0.2, 0.25) is 0 Å². The zero-order chi connectivity index (χ0) is 26.9. The Balaban J connectivity index is 1.37. The van der Waals surface area contributed by atoms with E-state index in [1.807, 2.05) is 36.4 Å². The van der Waals surface area contributed by atoms with Crippen molar-refractivity contribution in [1.82, 2.24) is 30.1 Å². The molecule has 0 amide bonds. The van der Waals surface area contributed by atoms with Crippen molar-refractivity contribution in [3.63, 3.8) is 0 Å². The van der Waals surface area contributed by atoms with Crippen molar-refractivity contribution in [3.05, 3.63) is 99.5 Å². The molecule has 5 aromatic rings. The topological polar surface area (TPSA) is 105 Å². The number of aryl methyl sites for hydroxylation is 2. The Labute approximate surface area is 225 Å². The second-order valence-corrected chi connectivity index (χ2v) is 9.98. The van der Waals surface area contributed by atoms with Crippen LogP contribution in [0.15, 0.2) is 70.1 Å². The lowest BCUT2D eigenvalue weighted by molar-refractivity contribution is 0.200. The number of aromatic amines is 1. The van der Waals surface area contributed by atoms with Crippen LogP contribution < -0.4 is 15.2 Å². The van der Waals surface area contributed by atoms with E-state index in [4.69, 9.17) is 9.15 Å². The number of pyridine rings is 1. The lowest BCUT2D eigenvalue weighted by atomic mass is 10.00. The van der Waals surface area contributed by atoms with Gasteiger partial charge in [-0.3, -0.25) is 9.69 Å². The van der Waals surface area contributed by atoms with Gasteiger partial charge in [-0.05, 0) is 95.4 Å². The van der Waals surface area contributed by atoms with Crippen LogP contribution in [-0.4, -0.2) is 63.4 Å². The highest BCUT2D eigenvalue weighted by Crippen LogP contribution is 2.30. The Morgan fingerprint density at radius 2 is 1.79 bits per heavy atom. The number of aromatic nitrogens is 5. The zero-order valence-corrected chi connectivity index (χ0v) is 22.3. The zero-order valence-electron chi connectivity index (χ0n) is 22.3. The molecule has 1 fully saturated rings. The first-order valence-corrected chi connectivity index (χ1v) is 13.1. The number of rotatable bonds is 7. The molecule has 0 bridgehead atoms. The van der Waals surface area contributed by atoms with Gasteiger partial charge in [-0.2, -0.15) is 0 Å². The number of fused-ring (bicyclic) bond motifs is 1. The summed E-state index contributed by atoms with van der Waals surface area (Å²) in [5, 5.41) is 13.7. The van der Waals surface area contributed by atoms with E-state index >= 15 is 0 Å².